The van der Waals surface area contributed by atoms with Crippen molar-refractivity contribution < 1.29 is 0 Å². The summed E-state index contributed by atoms with van der Waals surface area (Å²) in [5, 5.41) is 0. The molecule has 0 saturated heterocycles. The average Bonchev–Trinajstić information content (AvgIpc) is 2.67. The molecule has 3 nitrogen and oxygen atoms in total. The number of hydrogen-bond donors (Lipinski definition) is 0. The third-order valence-corrected chi connectivity index (χ3v) is 3.24. The Kier molecular flexibility index (Phi) is 1.68. The van der Waals surface area contributed by atoms with Gasteiger partial charge in [0.15, 0.2) is 5.65 Å². The molecule has 2 aromatic rings. The Morgan fingerprint density at radius 2 is 2.29 bits per heavy atom. The number of nitrogens with zero attached hydrogens (tertiary/aromatic N) is 3. The van der Waals surface area contributed by atoms with Crippen molar-refractivity contribution in [2.24, 2.45) is 0 Å². The standard InChI is InChI=1S/C10H10BrN3/c1-6-2-5-9-12-7-3-4-8(11)13-10(7)14(6)9/h3-4,6H,2,5H2,1H3. The van der Waals surface area contributed by atoms with E-state index in [0.717, 1.165) is 22.2 Å². The molecule has 2 aromatic heterocycles. The Morgan fingerprint density at radius 1 is 1.43 bits per heavy atom. The van der Waals surface area contributed by atoms with Gasteiger partial charge in [-0.1, -0.05) is 0 Å². The van der Waals surface area contributed by atoms with Crippen molar-refractivity contribution in [2.45, 2.75) is 25.8 Å². The monoisotopic (exact) mass is 251 g/mol. The molecule has 0 radical (unpaired) electrons. The van der Waals surface area contributed by atoms with Crippen LogP contribution in [0.3, 0.4) is 0 Å². The highest BCUT2D eigenvalue weighted by atomic mass is 79.9. The first kappa shape index (κ1) is 8.41. The SMILES string of the molecule is CC1CCc2nc3ccc(Br)nc3n21. The van der Waals surface area contributed by atoms with E-state index in [1.807, 2.05) is 12.1 Å². The van der Waals surface area contributed by atoms with Crippen LogP contribution in [-0.2, 0) is 6.42 Å². The quantitative estimate of drug-likeness (QED) is 0.675. The highest BCUT2D eigenvalue weighted by molar-refractivity contribution is 9.10. The van der Waals surface area contributed by atoms with Crippen LogP contribution in [-0.4, -0.2) is 14.5 Å². The van der Waals surface area contributed by atoms with Crippen molar-refractivity contribution in [3.8, 4) is 0 Å². The zero-order valence-corrected chi connectivity index (χ0v) is 9.45. The summed E-state index contributed by atoms with van der Waals surface area (Å²) >= 11 is 3.39. The zero-order valence-electron chi connectivity index (χ0n) is 7.87. The van der Waals surface area contributed by atoms with E-state index in [-0.39, 0.29) is 0 Å². The molecule has 1 aliphatic heterocycles. The number of rotatable bonds is 0. The summed E-state index contributed by atoms with van der Waals surface area (Å²) in [6.45, 7) is 2.22. The van der Waals surface area contributed by atoms with Gasteiger partial charge in [0.2, 0.25) is 0 Å². The van der Waals surface area contributed by atoms with Gasteiger partial charge in [0.1, 0.15) is 15.9 Å². The average molecular weight is 252 g/mol. The van der Waals surface area contributed by atoms with E-state index in [2.05, 4.69) is 37.4 Å². The molecule has 0 N–H and O–H groups in total. The summed E-state index contributed by atoms with van der Waals surface area (Å²) in [6.07, 6.45) is 2.27. The van der Waals surface area contributed by atoms with E-state index in [0.29, 0.717) is 6.04 Å². The van der Waals surface area contributed by atoms with Crippen LogP contribution in [0.5, 0.6) is 0 Å². The van der Waals surface area contributed by atoms with Crippen LogP contribution in [0.25, 0.3) is 11.2 Å². The lowest BCUT2D eigenvalue weighted by Gasteiger charge is -2.06. The van der Waals surface area contributed by atoms with Crippen molar-refractivity contribution >= 4 is 27.1 Å². The molecule has 1 unspecified atom stereocenters. The fourth-order valence-electron chi connectivity index (χ4n) is 2.10. The minimum atomic E-state index is 0.539. The first-order valence-corrected chi connectivity index (χ1v) is 5.58. The Balaban J connectivity index is 2.38. The second kappa shape index (κ2) is 2.79. The van der Waals surface area contributed by atoms with Gasteiger partial charge in [-0.05, 0) is 41.4 Å². The third-order valence-electron chi connectivity index (χ3n) is 2.80. The molecule has 0 bridgehead atoms. The molecule has 4 heteroatoms. The van der Waals surface area contributed by atoms with E-state index >= 15 is 0 Å². The molecular formula is C10H10BrN3. The van der Waals surface area contributed by atoms with Crippen LogP contribution < -0.4 is 0 Å². The van der Waals surface area contributed by atoms with Crippen molar-refractivity contribution in [1.29, 1.82) is 0 Å². The fourth-order valence-corrected chi connectivity index (χ4v) is 2.40. The number of fused-ring (bicyclic) bond motifs is 3. The molecule has 0 amide bonds. The van der Waals surface area contributed by atoms with Crippen molar-refractivity contribution in [3.05, 3.63) is 22.6 Å². The molecule has 0 aromatic carbocycles. The van der Waals surface area contributed by atoms with Crippen molar-refractivity contribution in [3.63, 3.8) is 0 Å². The zero-order chi connectivity index (χ0) is 9.71. The topological polar surface area (TPSA) is 30.7 Å². The van der Waals surface area contributed by atoms with Crippen LogP contribution in [0.2, 0.25) is 0 Å². The molecule has 72 valence electrons. The van der Waals surface area contributed by atoms with Gasteiger partial charge in [0.05, 0.1) is 0 Å². The van der Waals surface area contributed by atoms with E-state index in [1.54, 1.807) is 0 Å². The summed E-state index contributed by atoms with van der Waals surface area (Å²) in [5.74, 6) is 1.18. The number of aromatic nitrogens is 3. The number of halogens is 1. The predicted molar refractivity (Wildman–Crippen MR) is 58.3 cm³/mol. The van der Waals surface area contributed by atoms with Crippen molar-refractivity contribution in [1.82, 2.24) is 14.5 Å². The second-order valence-electron chi connectivity index (χ2n) is 3.76. The van der Waals surface area contributed by atoms with Gasteiger partial charge in [0, 0.05) is 12.5 Å². The molecule has 0 spiro atoms. The Hall–Kier alpha value is -0.900. The Morgan fingerprint density at radius 3 is 3.14 bits per heavy atom. The van der Waals surface area contributed by atoms with Gasteiger partial charge in [-0.25, -0.2) is 9.97 Å². The van der Waals surface area contributed by atoms with Gasteiger partial charge in [-0.3, -0.25) is 0 Å². The molecule has 1 aliphatic rings. The van der Waals surface area contributed by atoms with Gasteiger partial charge in [-0.2, -0.15) is 0 Å². The highest BCUT2D eigenvalue weighted by Crippen LogP contribution is 2.29. The lowest BCUT2D eigenvalue weighted by molar-refractivity contribution is 0.592. The summed E-state index contributed by atoms with van der Waals surface area (Å²) in [5.41, 5.74) is 2.02. The van der Waals surface area contributed by atoms with E-state index in [4.69, 9.17) is 0 Å². The van der Waals surface area contributed by atoms with E-state index in [9.17, 15) is 0 Å². The highest BCUT2D eigenvalue weighted by Gasteiger charge is 2.22. The third kappa shape index (κ3) is 1.03. The smallest absolute Gasteiger partial charge is 0.161 e. The van der Waals surface area contributed by atoms with Crippen LogP contribution in [0, 0.1) is 0 Å². The maximum absolute atomic E-state index is 4.56. The molecule has 3 heterocycles. The summed E-state index contributed by atoms with van der Waals surface area (Å²) in [6, 6.07) is 4.50. The van der Waals surface area contributed by atoms with Crippen LogP contribution in [0.15, 0.2) is 16.7 Å². The van der Waals surface area contributed by atoms with Gasteiger partial charge >= 0.3 is 0 Å². The first-order valence-electron chi connectivity index (χ1n) is 4.79. The second-order valence-corrected chi connectivity index (χ2v) is 4.57. The molecule has 1 atom stereocenters. The van der Waals surface area contributed by atoms with Crippen LogP contribution in [0.4, 0.5) is 0 Å². The predicted octanol–water partition coefficient (Wildman–Crippen LogP) is 2.70. The minimum Gasteiger partial charge on any atom is -0.310 e. The Bertz CT molecular complexity index is 503. The molecule has 0 aliphatic carbocycles. The van der Waals surface area contributed by atoms with E-state index < -0.39 is 0 Å². The molecular weight excluding hydrogens is 242 g/mol. The summed E-state index contributed by atoms with van der Waals surface area (Å²) < 4.78 is 3.13. The Labute approximate surface area is 90.3 Å². The number of hydrogen-bond acceptors (Lipinski definition) is 2. The number of aryl methyl sites for hydroxylation is 1. The largest absolute Gasteiger partial charge is 0.310 e. The lowest BCUT2D eigenvalue weighted by atomic mass is 10.2. The number of pyridine rings is 1. The lowest BCUT2D eigenvalue weighted by Crippen LogP contribution is -1.99. The maximum atomic E-state index is 4.56. The van der Waals surface area contributed by atoms with Gasteiger partial charge in [-0.15, -0.1) is 0 Å². The van der Waals surface area contributed by atoms with Crippen LogP contribution in [0.1, 0.15) is 25.2 Å². The fraction of sp³-hybridized carbons (Fsp3) is 0.400. The van der Waals surface area contributed by atoms with E-state index in [1.165, 1.54) is 12.2 Å². The molecule has 3 rings (SSSR count). The molecule has 0 saturated carbocycles. The van der Waals surface area contributed by atoms with Crippen molar-refractivity contribution in [2.75, 3.05) is 0 Å². The van der Waals surface area contributed by atoms with Gasteiger partial charge < -0.3 is 4.57 Å². The maximum Gasteiger partial charge on any atom is 0.161 e. The first-order chi connectivity index (χ1) is 6.75. The summed E-state index contributed by atoms with van der Waals surface area (Å²) in [4.78, 5) is 9.04. The van der Waals surface area contributed by atoms with Gasteiger partial charge in [0.25, 0.3) is 0 Å². The number of imidazole rings is 1. The van der Waals surface area contributed by atoms with Crippen LogP contribution >= 0.6 is 15.9 Å². The molecule has 14 heavy (non-hydrogen) atoms. The minimum absolute atomic E-state index is 0.539. The summed E-state index contributed by atoms with van der Waals surface area (Å²) in [7, 11) is 0. The normalized spacial score (nSPS) is 20.3. The molecule has 0 fully saturated rings.